The number of nitrogens with zero attached hydrogens (tertiary/aromatic N) is 3. The second-order valence-corrected chi connectivity index (χ2v) is 7.11. The Kier molecular flexibility index (Phi) is 5.98. The second kappa shape index (κ2) is 8.40. The van der Waals surface area contributed by atoms with Crippen molar-refractivity contribution in [2.75, 3.05) is 60.0 Å². The number of carbonyl (C=O) groups excluding carboxylic acids is 2. The van der Waals surface area contributed by atoms with Crippen LogP contribution in [0.2, 0.25) is 0 Å². The Morgan fingerprint density at radius 1 is 1.08 bits per heavy atom. The van der Waals surface area contributed by atoms with Crippen molar-refractivity contribution in [3.8, 4) is 5.75 Å². The summed E-state index contributed by atoms with van der Waals surface area (Å²) in [5.41, 5.74) is 0.647. The van der Waals surface area contributed by atoms with Crippen LogP contribution < -0.4 is 10.1 Å². The molecule has 0 saturated carbocycles. The lowest BCUT2D eigenvalue weighted by atomic mass is 10.1. The highest BCUT2D eigenvalue weighted by Gasteiger charge is 2.26. The summed E-state index contributed by atoms with van der Waals surface area (Å²) >= 11 is 0. The number of methoxy groups -OCH3 is 1. The number of benzene rings is 1. The first-order valence-electron chi connectivity index (χ1n) is 9.21. The molecular formula is C19H28N4O3. The molecule has 3 amide bonds. The minimum atomic E-state index is -0.0175. The molecule has 142 valence electrons. The van der Waals surface area contributed by atoms with Gasteiger partial charge in [0.15, 0.2) is 0 Å². The van der Waals surface area contributed by atoms with E-state index in [1.165, 1.54) is 0 Å². The first kappa shape index (κ1) is 18.5. The van der Waals surface area contributed by atoms with Crippen LogP contribution in [-0.2, 0) is 0 Å². The topological polar surface area (TPSA) is 65.1 Å². The van der Waals surface area contributed by atoms with Crippen molar-refractivity contribution in [1.82, 2.24) is 20.0 Å². The van der Waals surface area contributed by atoms with Crippen LogP contribution in [0.5, 0.6) is 5.75 Å². The number of amides is 3. The van der Waals surface area contributed by atoms with Crippen molar-refractivity contribution in [3.05, 3.63) is 29.8 Å². The molecule has 1 atom stereocenters. The number of rotatable bonds is 4. The number of hydrogen-bond acceptors (Lipinski definition) is 4. The third-order valence-electron chi connectivity index (χ3n) is 5.22. The molecule has 7 heteroatoms. The van der Waals surface area contributed by atoms with E-state index in [4.69, 9.17) is 4.74 Å². The van der Waals surface area contributed by atoms with Crippen molar-refractivity contribution in [1.29, 1.82) is 0 Å². The number of piperazine rings is 1. The maximum Gasteiger partial charge on any atom is 0.317 e. The van der Waals surface area contributed by atoms with Crippen molar-refractivity contribution in [3.63, 3.8) is 0 Å². The van der Waals surface area contributed by atoms with Gasteiger partial charge in [-0.2, -0.15) is 0 Å². The maximum atomic E-state index is 12.6. The van der Waals surface area contributed by atoms with Gasteiger partial charge < -0.3 is 24.8 Å². The van der Waals surface area contributed by atoms with Gasteiger partial charge >= 0.3 is 6.03 Å². The second-order valence-electron chi connectivity index (χ2n) is 7.11. The molecule has 0 bridgehead atoms. The standard InChI is InChI=1S/C19H28N4O3/c1-21-8-7-15(14-21)13-20-19(25)23-11-9-22(10-12-23)18(24)16-3-5-17(26-2)6-4-16/h3-6,15H,7-14H2,1-2H3,(H,20,25)/t15-/m1/s1. The number of likely N-dealkylation sites (tertiary alicyclic amines) is 1. The van der Waals surface area contributed by atoms with E-state index in [1.807, 2.05) is 0 Å². The summed E-state index contributed by atoms with van der Waals surface area (Å²) in [6.45, 7) is 5.14. The molecule has 1 aromatic carbocycles. The predicted octanol–water partition coefficient (Wildman–Crippen LogP) is 1.11. The van der Waals surface area contributed by atoms with Gasteiger partial charge in [0.25, 0.3) is 5.91 Å². The minimum absolute atomic E-state index is 0.00158. The van der Waals surface area contributed by atoms with Crippen LogP contribution in [0.1, 0.15) is 16.8 Å². The van der Waals surface area contributed by atoms with Gasteiger partial charge in [0, 0.05) is 44.8 Å². The van der Waals surface area contributed by atoms with E-state index in [0.29, 0.717) is 37.7 Å². The van der Waals surface area contributed by atoms with Crippen LogP contribution in [0.4, 0.5) is 4.79 Å². The molecule has 7 nitrogen and oxygen atoms in total. The number of ether oxygens (including phenoxy) is 1. The summed E-state index contributed by atoms with van der Waals surface area (Å²) in [6.07, 6.45) is 1.14. The fourth-order valence-corrected chi connectivity index (χ4v) is 3.57. The summed E-state index contributed by atoms with van der Waals surface area (Å²) in [7, 11) is 3.72. The highest BCUT2D eigenvalue weighted by Crippen LogP contribution is 2.15. The Hall–Kier alpha value is -2.28. The number of urea groups is 1. The molecule has 0 radical (unpaired) electrons. The largest absolute Gasteiger partial charge is 0.497 e. The lowest BCUT2D eigenvalue weighted by Crippen LogP contribution is -2.53. The maximum absolute atomic E-state index is 12.6. The normalized spacial score (nSPS) is 20.9. The molecule has 26 heavy (non-hydrogen) atoms. The predicted molar refractivity (Wildman–Crippen MR) is 99.5 cm³/mol. The lowest BCUT2D eigenvalue weighted by molar-refractivity contribution is 0.0664. The van der Waals surface area contributed by atoms with Crippen LogP contribution >= 0.6 is 0 Å². The molecule has 0 unspecified atom stereocenters. The van der Waals surface area contributed by atoms with E-state index < -0.39 is 0 Å². The summed E-state index contributed by atoms with van der Waals surface area (Å²) in [5.74, 6) is 1.28. The Labute approximate surface area is 154 Å². The summed E-state index contributed by atoms with van der Waals surface area (Å²) in [4.78, 5) is 30.8. The van der Waals surface area contributed by atoms with Gasteiger partial charge in [0.2, 0.25) is 0 Å². The lowest BCUT2D eigenvalue weighted by Gasteiger charge is -2.35. The summed E-state index contributed by atoms with van der Waals surface area (Å²) in [5, 5.41) is 3.05. The van der Waals surface area contributed by atoms with E-state index >= 15 is 0 Å². The summed E-state index contributed by atoms with van der Waals surface area (Å²) in [6, 6.07) is 7.11. The molecule has 1 aromatic rings. The van der Waals surface area contributed by atoms with E-state index in [9.17, 15) is 9.59 Å². The fourth-order valence-electron chi connectivity index (χ4n) is 3.57. The molecule has 1 N–H and O–H groups in total. The van der Waals surface area contributed by atoms with E-state index in [0.717, 1.165) is 31.8 Å². The molecule has 0 aromatic heterocycles. The Bertz CT molecular complexity index is 626. The smallest absolute Gasteiger partial charge is 0.317 e. The van der Waals surface area contributed by atoms with Crippen molar-refractivity contribution < 1.29 is 14.3 Å². The van der Waals surface area contributed by atoms with Crippen LogP contribution in [0.15, 0.2) is 24.3 Å². The van der Waals surface area contributed by atoms with Crippen LogP contribution in [-0.4, -0.2) is 86.6 Å². The molecule has 2 heterocycles. The highest BCUT2D eigenvalue weighted by molar-refractivity contribution is 5.94. The van der Waals surface area contributed by atoms with E-state index in [-0.39, 0.29) is 11.9 Å². The van der Waals surface area contributed by atoms with Gasteiger partial charge in [-0.1, -0.05) is 0 Å². The Balaban J connectivity index is 1.44. The molecule has 2 fully saturated rings. The van der Waals surface area contributed by atoms with Crippen molar-refractivity contribution >= 4 is 11.9 Å². The third kappa shape index (κ3) is 4.46. The molecule has 0 aliphatic carbocycles. The minimum Gasteiger partial charge on any atom is -0.497 e. The molecule has 0 spiro atoms. The molecule has 2 aliphatic heterocycles. The molecule has 2 saturated heterocycles. The van der Waals surface area contributed by atoms with Gasteiger partial charge in [-0.3, -0.25) is 4.79 Å². The zero-order valence-corrected chi connectivity index (χ0v) is 15.6. The Morgan fingerprint density at radius 2 is 1.73 bits per heavy atom. The monoisotopic (exact) mass is 360 g/mol. The highest BCUT2D eigenvalue weighted by atomic mass is 16.5. The van der Waals surface area contributed by atoms with Crippen molar-refractivity contribution in [2.45, 2.75) is 6.42 Å². The average molecular weight is 360 g/mol. The van der Waals surface area contributed by atoms with Gasteiger partial charge in [-0.25, -0.2) is 4.79 Å². The fraction of sp³-hybridized carbons (Fsp3) is 0.579. The quantitative estimate of drug-likeness (QED) is 0.874. The average Bonchev–Trinajstić information content (AvgIpc) is 3.11. The van der Waals surface area contributed by atoms with Gasteiger partial charge in [-0.15, -0.1) is 0 Å². The van der Waals surface area contributed by atoms with Gasteiger partial charge in [-0.05, 0) is 50.2 Å². The summed E-state index contributed by atoms with van der Waals surface area (Å²) < 4.78 is 5.12. The molecule has 2 aliphatic rings. The van der Waals surface area contributed by atoms with Crippen LogP contribution in [0.25, 0.3) is 0 Å². The zero-order valence-electron chi connectivity index (χ0n) is 15.6. The van der Waals surface area contributed by atoms with Crippen LogP contribution in [0, 0.1) is 5.92 Å². The van der Waals surface area contributed by atoms with Crippen LogP contribution in [0.3, 0.4) is 0 Å². The third-order valence-corrected chi connectivity index (χ3v) is 5.22. The molecule has 3 rings (SSSR count). The SMILES string of the molecule is COc1ccc(C(=O)N2CCN(C(=O)NC[C@H]3CCN(C)C3)CC2)cc1. The van der Waals surface area contributed by atoms with Crippen molar-refractivity contribution in [2.24, 2.45) is 5.92 Å². The number of hydrogen-bond donors (Lipinski definition) is 1. The zero-order chi connectivity index (χ0) is 18.5. The van der Waals surface area contributed by atoms with E-state index in [1.54, 1.807) is 41.2 Å². The first-order chi connectivity index (χ1) is 12.6. The van der Waals surface area contributed by atoms with Gasteiger partial charge in [0.05, 0.1) is 7.11 Å². The first-order valence-corrected chi connectivity index (χ1v) is 9.21. The van der Waals surface area contributed by atoms with E-state index in [2.05, 4.69) is 17.3 Å². The molecular weight excluding hydrogens is 332 g/mol. The Morgan fingerprint density at radius 3 is 2.31 bits per heavy atom. The number of carbonyl (C=O) groups is 2. The number of nitrogens with one attached hydrogen (secondary N) is 1. The van der Waals surface area contributed by atoms with Gasteiger partial charge in [0.1, 0.15) is 5.75 Å².